The lowest BCUT2D eigenvalue weighted by atomic mass is 9.82. The van der Waals surface area contributed by atoms with Gasteiger partial charge < -0.3 is 14.6 Å². The van der Waals surface area contributed by atoms with Crippen LogP contribution in [0.1, 0.15) is 34.8 Å². The van der Waals surface area contributed by atoms with E-state index in [-0.39, 0.29) is 12.5 Å². The van der Waals surface area contributed by atoms with Gasteiger partial charge in [-0.3, -0.25) is 10.2 Å². The Morgan fingerprint density at radius 1 is 0.905 bits per heavy atom. The second-order valence-electron chi connectivity index (χ2n) is 9.92. The van der Waals surface area contributed by atoms with E-state index in [4.69, 9.17) is 42.8 Å². The molecule has 1 aliphatic rings. The first-order chi connectivity index (χ1) is 20.5. The average molecular weight is 605 g/mol. The van der Waals surface area contributed by atoms with Crippen LogP contribution in [0.3, 0.4) is 0 Å². The lowest BCUT2D eigenvalue weighted by Gasteiger charge is -2.31. The van der Waals surface area contributed by atoms with Crippen molar-refractivity contribution >= 4 is 35.0 Å². The number of aliphatic hydroxyl groups excluding tert-OH is 1. The van der Waals surface area contributed by atoms with Crippen molar-refractivity contribution in [1.29, 1.82) is 0 Å². The molecule has 0 spiro atoms. The predicted octanol–water partition coefficient (Wildman–Crippen LogP) is 6.08. The van der Waals surface area contributed by atoms with Gasteiger partial charge in [0.2, 0.25) is 5.90 Å². The summed E-state index contributed by atoms with van der Waals surface area (Å²) in [6.45, 7) is 0.811. The fourth-order valence-corrected chi connectivity index (χ4v) is 5.12. The van der Waals surface area contributed by atoms with E-state index >= 15 is 0 Å². The van der Waals surface area contributed by atoms with E-state index in [0.29, 0.717) is 47.7 Å². The Hall–Kier alpha value is -3.88. The summed E-state index contributed by atoms with van der Waals surface area (Å²) in [7, 11) is 0. The zero-order chi connectivity index (χ0) is 29.4. The Morgan fingerprint density at radius 3 is 2.31 bits per heavy atom. The van der Waals surface area contributed by atoms with E-state index in [2.05, 4.69) is 10.9 Å². The number of ether oxygens (including phenoxy) is 2. The summed E-state index contributed by atoms with van der Waals surface area (Å²) in [5.41, 5.74) is 7.95. The van der Waals surface area contributed by atoms with Crippen molar-refractivity contribution in [2.24, 2.45) is 4.99 Å². The van der Waals surface area contributed by atoms with Gasteiger partial charge in [0.25, 0.3) is 5.91 Å². The molecule has 9 heteroatoms. The van der Waals surface area contributed by atoms with Crippen molar-refractivity contribution in [3.63, 3.8) is 0 Å². The summed E-state index contributed by atoms with van der Waals surface area (Å²) in [6, 6.07) is 32.1. The number of benzene rings is 4. The van der Waals surface area contributed by atoms with Crippen LogP contribution in [-0.2, 0) is 22.5 Å². The topological polar surface area (TPSA) is 92.2 Å². The Balaban J connectivity index is 1.47. The summed E-state index contributed by atoms with van der Waals surface area (Å²) in [4.78, 5) is 19.2. The minimum atomic E-state index is -1.32. The fraction of sp³-hybridized carbons (Fsp3) is 0.212. The number of aliphatic imine (C=N–C) groups is 1. The first-order valence-corrected chi connectivity index (χ1v) is 14.4. The number of hydrogen-bond donors (Lipinski definition) is 3. The molecule has 216 valence electrons. The van der Waals surface area contributed by atoms with Crippen LogP contribution in [0.5, 0.6) is 5.75 Å². The van der Waals surface area contributed by atoms with Gasteiger partial charge in [0, 0.05) is 31.6 Å². The number of nitrogens with zero attached hydrogens (tertiary/aromatic N) is 1. The molecule has 0 saturated carbocycles. The molecule has 5 rings (SSSR count). The number of nitrogens with one attached hydrogen (secondary N) is 2. The van der Waals surface area contributed by atoms with Gasteiger partial charge in [-0.25, -0.2) is 10.4 Å². The number of amides is 1. The quantitative estimate of drug-likeness (QED) is 0.135. The molecule has 0 unspecified atom stereocenters. The maximum Gasteiger partial charge on any atom is 0.266 e. The first-order valence-electron chi connectivity index (χ1n) is 13.7. The van der Waals surface area contributed by atoms with Crippen LogP contribution >= 0.6 is 23.2 Å². The monoisotopic (exact) mass is 603 g/mol. The molecule has 42 heavy (non-hydrogen) atoms. The van der Waals surface area contributed by atoms with E-state index < -0.39 is 11.6 Å². The van der Waals surface area contributed by atoms with E-state index in [9.17, 15) is 4.79 Å². The van der Waals surface area contributed by atoms with Gasteiger partial charge in [-0.2, -0.15) is 0 Å². The van der Waals surface area contributed by atoms with Gasteiger partial charge in [-0.15, -0.1) is 0 Å². The molecule has 2 atom stereocenters. The number of rotatable bonds is 12. The highest BCUT2D eigenvalue weighted by Gasteiger charge is 2.53. The zero-order valence-corrected chi connectivity index (χ0v) is 24.3. The highest BCUT2D eigenvalue weighted by atomic mass is 35.5. The Labute approximate surface area is 255 Å². The number of carbonyl (C=O) groups excluding carboxylic acids is 1. The van der Waals surface area contributed by atoms with Gasteiger partial charge in [-0.05, 0) is 53.1 Å². The maximum atomic E-state index is 14.2. The minimum absolute atomic E-state index is 0.0669. The number of aliphatic hydroxyl groups is 1. The maximum absolute atomic E-state index is 14.2. The predicted molar refractivity (Wildman–Crippen MR) is 165 cm³/mol. The summed E-state index contributed by atoms with van der Waals surface area (Å²) < 4.78 is 12.2. The molecule has 1 amide bonds. The highest BCUT2D eigenvalue weighted by Crippen LogP contribution is 2.42. The third kappa shape index (κ3) is 6.94. The van der Waals surface area contributed by atoms with Crippen LogP contribution in [-0.4, -0.2) is 35.7 Å². The second kappa shape index (κ2) is 13.9. The average Bonchev–Trinajstić information content (AvgIpc) is 3.40. The molecule has 0 saturated heterocycles. The lowest BCUT2D eigenvalue weighted by Crippen LogP contribution is -2.53. The third-order valence-corrected chi connectivity index (χ3v) is 7.67. The molecule has 4 aromatic carbocycles. The Morgan fingerprint density at radius 2 is 1.62 bits per heavy atom. The van der Waals surface area contributed by atoms with Crippen LogP contribution in [0, 0.1) is 0 Å². The van der Waals surface area contributed by atoms with E-state index in [1.807, 2.05) is 91.0 Å². The van der Waals surface area contributed by atoms with Crippen molar-refractivity contribution in [2.45, 2.75) is 31.0 Å². The van der Waals surface area contributed by atoms with Gasteiger partial charge in [-0.1, -0.05) is 89.9 Å². The summed E-state index contributed by atoms with van der Waals surface area (Å²) in [5, 5.41) is 9.93. The number of halogens is 2. The number of hydrogen-bond acceptors (Lipinski definition) is 6. The molecule has 1 heterocycles. The van der Waals surface area contributed by atoms with Gasteiger partial charge in [0.05, 0.1) is 16.7 Å². The second-order valence-corrected chi connectivity index (χ2v) is 10.7. The summed E-state index contributed by atoms with van der Waals surface area (Å²) in [6.07, 6.45) is 0.160. The lowest BCUT2D eigenvalue weighted by molar-refractivity contribution is -0.130. The van der Waals surface area contributed by atoms with Crippen molar-refractivity contribution in [2.75, 3.05) is 13.2 Å². The van der Waals surface area contributed by atoms with Crippen LogP contribution in [0.15, 0.2) is 108 Å². The first kappa shape index (κ1) is 29.6. The highest BCUT2D eigenvalue weighted by molar-refractivity contribution is 6.42. The minimum Gasteiger partial charge on any atom is -0.494 e. The van der Waals surface area contributed by atoms with E-state index in [1.165, 1.54) is 0 Å². The standard InChI is InChI=1S/C33H31Cl2N3O4/c34-28-17-12-24(20-29(28)35)22-36-38-32(40)33(21-23-8-3-1-4-9-23)30(25-10-5-2-6-11-25)42-31(37-33)26-13-15-27(16-14-26)41-19-7-18-39/h1-6,8-17,20,30,36,39H,7,18-19,21-22H2,(H,38,40)/t30-,33-/m0/s1. The Kier molecular flexibility index (Phi) is 9.77. The molecule has 0 bridgehead atoms. The molecule has 0 fully saturated rings. The van der Waals surface area contributed by atoms with E-state index in [1.54, 1.807) is 12.1 Å². The van der Waals surface area contributed by atoms with Gasteiger partial charge in [0.1, 0.15) is 5.75 Å². The van der Waals surface area contributed by atoms with Crippen molar-refractivity contribution in [3.05, 3.63) is 135 Å². The molecular formula is C33H31Cl2N3O4. The molecule has 7 nitrogen and oxygen atoms in total. The Bertz CT molecular complexity index is 1520. The van der Waals surface area contributed by atoms with Crippen LogP contribution in [0.25, 0.3) is 0 Å². The van der Waals surface area contributed by atoms with Crippen LogP contribution < -0.4 is 15.6 Å². The zero-order valence-electron chi connectivity index (χ0n) is 22.8. The van der Waals surface area contributed by atoms with Crippen molar-refractivity contribution in [1.82, 2.24) is 10.9 Å². The van der Waals surface area contributed by atoms with Crippen LogP contribution in [0.2, 0.25) is 10.0 Å². The number of carbonyl (C=O) groups is 1. The molecule has 1 aliphatic heterocycles. The summed E-state index contributed by atoms with van der Waals surface area (Å²) >= 11 is 12.2. The molecule has 0 aliphatic carbocycles. The van der Waals surface area contributed by atoms with Gasteiger partial charge in [0.15, 0.2) is 11.6 Å². The molecule has 4 aromatic rings. The normalized spacial score (nSPS) is 17.8. The van der Waals surface area contributed by atoms with Crippen LogP contribution in [0.4, 0.5) is 0 Å². The van der Waals surface area contributed by atoms with Crippen molar-refractivity contribution < 1.29 is 19.4 Å². The molecular weight excluding hydrogens is 573 g/mol. The number of hydrazine groups is 1. The molecule has 3 N–H and O–H groups in total. The molecule has 0 radical (unpaired) electrons. The van der Waals surface area contributed by atoms with Gasteiger partial charge >= 0.3 is 0 Å². The smallest absolute Gasteiger partial charge is 0.266 e. The molecule has 0 aromatic heterocycles. The fourth-order valence-electron chi connectivity index (χ4n) is 4.80. The third-order valence-electron chi connectivity index (χ3n) is 6.93. The SMILES string of the molecule is O=C(NNCc1ccc(Cl)c(Cl)c1)[C@@]1(Cc2ccccc2)N=C(c2ccc(OCCCO)cc2)O[C@H]1c1ccccc1. The summed E-state index contributed by atoms with van der Waals surface area (Å²) in [5.74, 6) is 0.700. The van der Waals surface area contributed by atoms with Crippen molar-refractivity contribution in [3.8, 4) is 5.75 Å². The largest absolute Gasteiger partial charge is 0.494 e. The van der Waals surface area contributed by atoms with E-state index in [0.717, 1.165) is 22.3 Å².